The molecule has 1 aromatic heterocycles. The van der Waals surface area contributed by atoms with E-state index in [0.29, 0.717) is 31.3 Å². The summed E-state index contributed by atoms with van der Waals surface area (Å²) in [7, 11) is 3.35. The van der Waals surface area contributed by atoms with Gasteiger partial charge >= 0.3 is 0 Å². The largest absolute Gasteiger partial charge is 0.493 e. The number of nitrogens with one attached hydrogen (secondary N) is 3. The summed E-state index contributed by atoms with van der Waals surface area (Å²) < 4.78 is 11.0. The summed E-state index contributed by atoms with van der Waals surface area (Å²) in [5.74, 6) is 2.65. The Kier molecular flexibility index (Phi) is 10.1. The Labute approximate surface area is 184 Å². The minimum atomic E-state index is -0.0936. The van der Waals surface area contributed by atoms with Gasteiger partial charge in [-0.25, -0.2) is 4.98 Å². The summed E-state index contributed by atoms with van der Waals surface area (Å²) in [5, 5.41) is 9.21. The van der Waals surface area contributed by atoms with Crippen LogP contribution in [0, 0.1) is 6.92 Å². The van der Waals surface area contributed by atoms with E-state index in [1.54, 1.807) is 26.4 Å². The van der Waals surface area contributed by atoms with Crippen molar-refractivity contribution in [2.75, 3.05) is 39.2 Å². The third kappa shape index (κ3) is 8.54. The molecule has 1 aromatic carbocycles. The molecule has 0 aliphatic heterocycles. The van der Waals surface area contributed by atoms with Gasteiger partial charge in [0.1, 0.15) is 5.82 Å². The maximum atomic E-state index is 12.0. The summed E-state index contributed by atoms with van der Waals surface area (Å²) in [4.78, 5) is 20.4. The highest BCUT2D eigenvalue weighted by Crippen LogP contribution is 2.28. The van der Waals surface area contributed by atoms with Crippen molar-refractivity contribution in [3.8, 4) is 11.5 Å². The van der Waals surface area contributed by atoms with Crippen molar-refractivity contribution in [3.63, 3.8) is 0 Å². The molecule has 0 atom stereocenters. The molecule has 0 fully saturated rings. The number of pyridine rings is 1. The highest BCUT2D eigenvalue weighted by molar-refractivity contribution is 5.90. The minimum Gasteiger partial charge on any atom is -0.493 e. The third-order valence-electron chi connectivity index (χ3n) is 4.51. The number of aryl methyl sites for hydroxylation is 2. The van der Waals surface area contributed by atoms with Crippen LogP contribution >= 0.6 is 0 Å². The maximum Gasteiger partial charge on any atom is 0.227 e. The summed E-state index contributed by atoms with van der Waals surface area (Å²) >= 11 is 0. The predicted molar refractivity (Wildman–Crippen MR) is 124 cm³/mol. The number of carbonyl (C=O) groups excluding carboxylic acids is 1. The van der Waals surface area contributed by atoms with E-state index in [0.717, 1.165) is 36.4 Å². The van der Waals surface area contributed by atoms with Crippen molar-refractivity contribution in [3.05, 3.63) is 47.7 Å². The van der Waals surface area contributed by atoms with Crippen molar-refractivity contribution in [1.29, 1.82) is 0 Å². The number of nitrogens with zero attached hydrogens (tertiary/aromatic N) is 2. The van der Waals surface area contributed by atoms with Gasteiger partial charge in [-0.2, -0.15) is 0 Å². The van der Waals surface area contributed by atoms with Gasteiger partial charge in [-0.15, -0.1) is 0 Å². The Balaban J connectivity index is 1.67. The monoisotopic (exact) mass is 427 g/mol. The molecule has 0 aliphatic carbocycles. The Morgan fingerprint density at radius 2 is 1.94 bits per heavy atom. The average molecular weight is 428 g/mol. The first-order chi connectivity index (χ1) is 15.0. The molecule has 0 bridgehead atoms. The Hall–Kier alpha value is -3.29. The molecule has 0 spiro atoms. The third-order valence-corrected chi connectivity index (χ3v) is 4.51. The normalized spacial score (nSPS) is 11.0. The first-order valence-electron chi connectivity index (χ1n) is 10.5. The molecule has 0 saturated carbocycles. The van der Waals surface area contributed by atoms with E-state index < -0.39 is 0 Å². The number of hydrogen-bond acceptors (Lipinski definition) is 5. The molecule has 0 radical (unpaired) electrons. The second kappa shape index (κ2) is 13.1. The first kappa shape index (κ1) is 24.0. The second-order valence-corrected chi connectivity index (χ2v) is 6.97. The molecule has 0 aliphatic rings. The number of hydrogen-bond donors (Lipinski definition) is 3. The smallest absolute Gasteiger partial charge is 0.227 e. The number of aliphatic imine (C=N–C) groups is 1. The fourth-order valence-corrected chi connectivity index (χ4v) is 2.91. The van der Waals surface area contributed by atoms with Crippen LogP contribution in [0.25, 0.3) is 0 Å². The number of ether oxygens (including phenoxy) is 2. The lowest BCUT2D eigenvalue weighted by Crippen LogP contribution is -2.39. The van der Waals surface area contributed by atoms with Crippen LogP contribution in [0.2, 0.25) is 0 Å². The summed E-state index contributed by atoms with van der Waals surface area (Å²) in [5.41, 5.74) is 2.24. The van der Waals surface area contributed by atoms with E-state index in [1.807, 2.05) is 32.0 Å². The van der Waals surface area contributed by atoms with Crippen LogP contribution < -0.4 is 25.4 Å². The molecular formula is C23H33N5O3. The van der Waals surface area contributed by atoms with E-state index >= 15 is 0 Å². The van der Waals surface area contributed by atoms with Crippen LogP contribution in [0.1, 0.15) is 30.9 Å². The molecule has 1 heterocycles. The lowest BCUT2D eigenvalue weighted by atomic mass is 10.1. The molecule has 31 heavy (non-hydrogen) atoms. The summed E-state index contributed by atoms with van der Waals surface area (Å²) in [6.45, 7) is 5.75. The van der Waals surface area contributed by atoms with Gasteiger partial charge < -0.3 is 25.4 Å². The molecule has 2 rings (SSSR count). The standard InChI is InChI=1S/C23H33N5O3/c1-5-31-20-15-18(9-10-19(20)30-4)7-6-13-25-23(24-3)26-14-12-22(29)28-21-11-8-17(2)16-27-21/h8-11,15-16H,5-7,12-14H2,1-4H3,(H2,24,25,26)(H,27,28,29). The summed E-state index contributed by atoms with van der Waals surface area (Å²) in [6, 6.07) is 9.72. The van der Waals surface area contributed by atoms with Gasteiger partial charge in [-0.3, -0.25) is 9.79 Å². The van der Waals surface area contributed by atoms with Crippen LogP contribution in [0.15, 0.2) is 41.5 Å². The van der Waals surface area contributed by atoms with Crippen molar-refractivity contribution < 1.29 is 14.3 Å². The van der Waals surface area contributed by atoms with Gasteiger partial charge in [0.15, 0.2) is 17.5 Å². The van der Waals surface area contributed by atoms with Crippen molar-refractivity contribution >= 4 is 17.7 Å². The Morgan fingerprint density at radius 1 is 1.13 bits per heavy atom. The molecule has 3 N–H and O–H groups in total. The van der Waals surface area contributed by atoms with E-state index in [9.17, 15) is 4.79 Å². The van der Waals surface area contributed by atoms with Gasteiger partial charge in [-0.05, 0) is 56.0 Å². The van der Waals surface area contributed by atoms with Gasteiger partial charge in [0.25, 0.3) is 0 Å². The Bertz CT molecular complexity index is 853. The topological polar surface area (TPSA) is 96.9 Å². The fourth-order valence-electron chi connectivity index (χ4n) is 2.91. The quantitative estimate of drug-likeness (QED) is 0.290. The SMILES string of the molecule is CCOc1cc(CCCNC(=NC)NCCC(=O)Nc2ccc(C)cn2)ccc1OC. The molecule has 2 aromatic rings. The first-order valence-corrected chi connectivity index (χ1v) is 10.5. The fraction of sp³-hybridized carbons (Fsp3) is 0.435. The molecule has 8 heteroatoms. The number of amides is 1. The minimum absolute atomic E-state index is 0.0936. The molecular weight excluding hydrogens is 394 g/mol. The number of anilines is 1. The highest BCUT2D eigenvalue weighted by atomic mass is 16.5. The zero-order valence-electron chi connectivity index (χ0n) is 18.8. The number of guanidine groups is 1. The molecule has 0 unspecified atom stereocenters. The zero-order valence-corrected chi connectivity index (χ0v) is 18.8. The van der Waals surface area contributed by atoms with Crippen molar-refractivity contribution in [2.45, 2.75) is 33.1 Å². The predicted octanol–water partition coefficient (Wildman–Crippen LogP) is 2.92. The van der Waals surface area contributed by atoms with Gasteiger partial charge in [0.2, 0.25) is 5.91 Å². The van der Waals surface area contributed by atoms with Gasteiger partial charge in [0, 0.05) is 32.8 Å². The number of carbonyl (C=O) groups is 1. The summed E-state index contributed by atoms with van der Waals surface area (Å²) in [6.07, 6.45) is 3.88. The average Bonchev–Trinajstić information content (AvgIpc) is 2.77. The number of aromatic nitrogens is 1. The second-order valence-electron chi connectivity index (χ2n) is 6.97. The number of benzene rings is 1. The van der Waals surface area contributed by atoms with E-state index in [2.05, 4.69) is 32.0 Å². The molecule has 0 saturated heterocycles. The molecule has 1 amide bonds. The maximum absolute atomic E-state index is 12.0. The van der Waals surface area contributed by atoms with E-state index in [-0.39, 0.29) is 5.91 Å². The number of methoxy groups -OCH3 is 1. The molecule has 168 valence electrons. The lowest BCUT2D eigenvalue weighted by Gasteiger charge is -2.13. The zero-order chi connectivity index (χ0) is 22.5. The van der Waals surface area contributed by atoms with E-state index in [4.69, 9.17) is 9.47 Å². The van der Waals surface area contributed by atoms with Gasteiger partial charge in [-0.1, -0.05) is 12.1 Å². The lowest BCUT2D eigenvalue weighted by molar-refractivity contribution is -0.116. The van der Waals surface area contributed by atoms with Gasteiger partial charge in [0.05, 0.1) is 13.7 Å². The van der Waals surface area contributed by atoms with Crippen LogP contribution in [-0.2, 0) is 11.2 Å². The van der Waals surface area contributed by atoms with Crippen LogP contribution in [0.4, 0.5) is 5.82 Å². The Morgan fingerprint density at radius 3 is 2.61 bits per heavy atom. The van der Waals surface area contributed by atoms with E-state index in [1.165, 1.54) is 5.56 Å². The van der Waals surface area contributed by atoms with Crippen molar-refractivity contribution in [1.82, 2.24) is 15.6 Å². The van der Waals surface area contributed by atoms with Crippen LogP contribution in [-0.4, -0.2) is 50.7 Å². The van der Waals surface area contributed by atoms with Crippen molar-refractivity contribution in [2.24, 2.45) is 4.99 Å². The van der Waals surface area contributed by atoms with Crippen LogP contribution in [0.3, 0.4) is 0 Å². The number of rotatable bonds is 11. The molecule has 8 nitrogen and oxygen atoms in total. The highest BCUT2D eigenvalue weighted by Gasteiger charge is 2.06. The van der Waals surface area contributed by atoms with Crippen LogP contribution in [0.5, 0.6) is 11.5 Å².